The Kier molecular flexibility index (Phi) is 7.18. The summed E-state index contributed by atoms with van der Waals surface area (Å²) in [6.07, 6.45) is -1.09. The van der Waals surface area contributed by atoms with Crippen LogP contribution in [0.3, 0.4) is 0 Å². The van der Waals surface area contributed by atoms with Gasteiger partial charge >= 0.3 is 18.1 Å². The minimum Gasteiger partial charge on any atom is -0.463 e. The normalized spacial score (nSPS) is 51.1. The summed E-state index contributed by atoms with van der Waals surface area (Å²) < 4.78 is 59.1. The molecular weight excluding hydrogens is 513 g/mol. The summed E-state index contributed by atoms with van der Waals surface area (Å²) in [5, 5.41) is 10.6. The number of halogens is 3. The van der Waals surface area contributed by atoms with E-state index < -0.39 is 24.5 Å². The molecule has 0 aromatic rings. The van der Waals surface area contributed by atoms with Crippen LogP contribution in [0.4, 0.5) is 13.2 Å². The fraction of sp³-hybridized carbons (Fsp3) is 0.933. The second-order valence-electron chi connectivity index (χ2n) is 14.0. The molecule has 4 aliphatic carbocycles. The zero-order valence-electron chi connectivity index (χ0n) is 24.1. The van der Waals surface area contributed by atoms with Crippen molar-refractivity contribution in [3.63, 3.8) is 0 Å². The Bertz CT molecular complexity index is 986. The molecule has 5 unspecified atom stereocenters. The first-order chi connectivity index (χ1) is 18.1. The molecule has 0 spiro atoms. The van der Waals surface area contributed by atoms with Crippen molar-refractivity contribution in [2.45, 2.75) is 123 Å². The highest BCUT2D eigenvalue weighted by atomic mass is 19.4. The maximum atomic E-state index is 13.9. The summed E-state index contributed by atoms with van der Waals surface area (Å²) >= 11 is 0. The van der Waals surface area contributed by atoms with E-state index in [4.69, 9.17) is 14.2 Å². The summed E-state index contributed by atoms with van der Waals surface area (Å²) in [7, 11) is 0. The molecule has 9 heteroatoms. The Morgan fingerprint density at radius 3 is 2.21 bits per heavy atom. The van der Waals surface area contributed by atoms with Gasteiger partial charge in [-0.15, -0.1) is 0 Å². The average Bonchev–Trinajstić information content (AvgIpc) is 3.10. The molecule has 39 heavy (non-hydrogen) atoms. The first kappa shape index (κ1) is 29.2. The quantitative estimate of drug-likeness (QED) is 0.426. The third kappa shape index (κ3) is 4.43. The highest BCUT2D eigenvalue weighted by Gasteiger charge is 2.71. The number of carbonyl (C=O) groups is 2. The van der Waals surface area contributed by atoms with Gasteiger partial charge in [-0.2, -0.15) is 13.2 Å². The van der Waals surface area contributed by atoms with Crippen LogP contribution in [0.15, 0.2) is 0 Å². The minimum atomic E-state index is -4.86. The summed E-state index contributed by atoms with van der Waals surface area (Å²) in [5.41, 5.74) is -0.320. The number of esters is 2. The molecule has 0 amide bonds. The largest absolute Gasteiger partial charge is 0.463 e. The zero-order valence-corrected chi connectivity index (χ0v) is 24.1. The van der Waals surface area contributed by atoms with Gasteiger partial charge in [-0.05, 0) is 91.3 Å². The third-order valence-electron chi connectivity index (χ3n) is 12.1. The number of alkyl halides is 3. The summed E-state index contributed by atoms with van der Waals surface area (Å²) in [5.74, 6) is -3.67. The smallest absolute Gasteiger partial charge is 0.443 e. The molecule has 5 rings (SSSR count). The SMILES string of the molecule is CC[C@H]1[C@@H](OC(C)=O)C2C3C[C@@H]4OC(O)(C(F)(F)F)CC(C)[C@@H]4[C@@]3(C)CCC2[C@@]2(C)CC[C@@H](OC(C)=O)C[C@@H]12. The van der Waals surface area contributed by atoms with Crippen molar-refractivity contribution in [1.29, 1.82) is 0 Å². The van der Waals surface area contributed by atoms with Crippen molar-refractivity contribution < 1.29 is 42.1 Å². The van der Waals surface area contributed by atoms with Crippen LogP contribution in [-0.2, 0) is 23.8 Å². The zero-order chi connectivity index (χ0) is 28.7. The number of aliphatic hydroxyl groups is 1. The Morgan fingerprint density at radius 2 is 1.62 bits per heavy atom. The van der Waals surface area contributed by atoms with Gasteiger partial charge in [0.25, 0.3) is 5.79 Å². The topological polar surface area (TPSA) is 82.1 Å². The van der Waals surface area contributed by atoms with Crippen LogP contribution in [0.25, 0.3) is 0 Å². The fourth-order valence-electron chi connectivity index (χ4n) is 10.8. The molecule has 0 aromatic carbocycles. The molecule has 1 N–H and O–H groups in total. The van der Waals surface area contributed by atoms with Crippen LogP contribution in [0.2, 0.25) is 0 Å². The minimum absolute atomic E-state index is 0.00417. The predicted octanol–water partition coefficient (Wildman–Crippen LogP) is 6.04. The van der Waals surface area contributed by atoms with Crippen molar-refractivity contribution in [3.05, 3.63) is 0 Å². The van der Waals surface area contributed by atoms with E-state index in [2.05, 4.69) is 20.8 Å². The van der Waals surface area contributed by atoms with Gasteiger partial charge in [0.15, 0.2) is 0 Å². The standard InChI is InChI=1S/C30H45F3O6/c1-7-19-21-12-18(37-16(3)34)8-10-27(21,5)20-9-11-28(6)22(24(20)26(19)38-17(4)35)13-23-25(28)15(2)14-29(36,39-23)30(31,32)33/h15,18-26,36H,7-14H2,1-6H3/t15?,18-,19-,20?,21+,22?,23+,24?,25+,26-,27-,28+,29?/m1/s1. The summed E-state index contributed by atoms with van der Waals surface area (Å²) in [6.45, 7) is 11.4. The molecule has 1 saturated heterocycles. The monoisotopic (exact) mass is 558 g/mol. The van der Waals surface area contributed by atoms with Crippen LogP contribution in [-0.4, -0.2) is 47.3 Å². The van der Waals surface area contributed by atoms with E-state index in [-0.39, 0.29) is 76.4 Å². The molecule has 6 nitrogen and oxygen atoms in total. The Hall–Kier alpha value is -1.35. The van der Waals surface area contributed by atoms with Crippen molar-refractivity contribution in [2.24, 2.45) is 52.3 Å². The van der Waals surface area contributed by atoms with E-state index in [1.165, 1.54) is 13.8 Å². The highest BCUT2D eigenvalue weighted by Crippen LogP contribution is 2.71. The number of fused-ring (bicyclic) bond motifs is 7. The van der Waals surface area contributed by atoms with Crippen molar-refractivity contribution in [3.8, 4) is 0 Å². The van der Waals surface area contributed by atoms with Gasteiger partial charge in [-0.25, -0.2) is 0 Å². The Labute approximate surface area is 229 Å². The van der Waals surface area contributed by atoms with Gasteiger partial charge < -0.3 is 19.3 Å². The van der Waals surface area contributed by atoms with Crippen molar-refractivity contribution in [1.82, 2.24) is 0 Å². The number of ether oxygens (including phenoxy) is 3. The van der Waals surface area contributed by atoms with Gasteiger partial charge in [0.1, 0.15) is 12.2 Å². The van der Waals surface area contributed by atoms with Crippen LogP contribution >= 0.6 is 0 Å². The van der Waals surface area contributed by atoms with Gasteiger partial charge in [0.2, 0.25) is 0 Å². The van der Waals surface area contributed by atoms with Gasteiger partial charge in [-0.3, -0.25) is 9.59 Å². The fourth-order valence-corrected chi connectivity index (χ4v) is 10.8. The molecule has 0 aromatic heterocycles. The van der Waals surface area contributed by atoms with E-state index in [1.54, 1.807) is 0 Å². The van der Waals surface area contributed by atoms with E-state index in [0.29, 0.717) is 6.42 Å². The van der Waals surface area contributed by atoms with E-state index >= 15 is 0 Å². The molecule has 1 aliphatic heterocycles. The second kappa shape index (κ2) is 9.60. The maximum absolute atomic E-state index is 13.9. The number of carbonyl (C=O) groups excluding carboxylic acids is 2. The van der Waals surface area contributed by atoms with Crippen molar-refractivity contribution in [2.75, 3.05) is 0 Å². The second-order valence-corrected chi connectivity index (χ2v) is 14.0. The molecule has 0 radical (unpaired) electrons. The summed E-state index contributed by atoms with van der Waals surface area (Å²) in [6, 6.07) is 0. The van der Waals surface area contributed by atoms with Crippen LogP contribution in [0.5, 0.6) is 0 Å². The molecule has 1 heterocycles. The van der Waals surface area contributed by atoms with Crippen LogP contribution in [0.1, 0.15) is 92.9 Å². The van der Waals surface area contributed by atoms with Gasteiger partial charge in [-0.1, -0.05) is 27.7 Å². The molecule has 4 saturated carbocycles. The molecular formula is C30H45F3O6. The number of rotatable bonds is 3. The lowest BCUT2D eigenvalue weighted by molar-refractivity contribution is -0.401. The lowest BCUT2D eigenvalue weighted by atomic mass is 9.41. The van der Waals surface area contributed by atoms with E-state index in [1.807, 2.05) is 6.92 Å². The third-order valence-corrected chi connectivity index (χ3v) is 12.1. The van der Waals surface area contributed by atoms with Gasteiger partial charge in [0, 0.05) is 26.2 Å². The number of hydrogen-bond donors (Lipinski definition) is 1. The highest BCUT2D eigenvalue weighted by molar-refractivity contribution is 5.66. The van der Waals surface area contributed by atoms with E-state index in [9.17, 15) is 27.9 Å². The lowest BCUT2D eigenvalue weighted by Crippen LogP contribution is -2.63. The van der Waals surface area contributed by atoms with Crippen molar-refractivity contribution >= 4 is 11.9 Å². The molecule has 13 atom stereocenters. The van der Waals surface area contributed by atoms with Gasteiger partial charge in [0.05, 0.1) is 6.10 Å². The molecule has 5 fully saturated rings. The van der Waals surface area contributed by atoms with Crippen LogP contribution in [0, 0.1) is 52.3 Å². The molecule has 222 valence electrons. The van der Waals surface area contributed by atoms with Crippen LogP contribution < -0.4 is 0 Å². The first-order valence-corrected chi connectivity index (χ1v) is 14.9. The van der Waals surface area contributed by atoms with E-state index in [0.717, 1.165) is 38.5 Å². The summed E-state index contributed by atoms with van der Waals surface area (Å²) in [4.78, 5) is 24.3. The average molecular weight is 559 g/mol. The Balaban J connectivity index is 1.53. The first-order valence-electron chi connectivity index (χ1n) is 14.9. The number of hydrogen-bond acceptors (Lipinski definition) is 6. The Morgan fingerprint density at radius 1 is 0.974 bits per heavy atom. The maximum Gasteiger partial charge on any atom is 0.443 e. The molecule has 5 aliphatic rings. The lowest BCUT2D eigenvalue weighted by Gasteiger charge is -2.65. The molecule has 0 bridgehead atoms. The predicted molar refractivity (Wildman–Crippen MR) is 136 cm³/mol.